The fraction of sp³-hybridized carbons (Fsp3) is 0.375. The number of nitrogens with zero attached hydrogens (tertiary/aromatic N) is 3. The van der Waals surface area contributed by atoms with Crippen LogP contribution in [0.5, 0.6) is 0 Å². The molecule has 1 atom stereocenters. The molecular weight excluding hydrogens is 330 g/mol. The average molecular weight is 349 g/mol. The number of para-hydroxylation sites is 1. The van der Waals surface area contributed by atoms with Crippen LogP contribution < -0.4 is 4.31 Å². The first-order valence-corrected chi connectivity index (χ1v) is 8.85. The Kier molecular flexibility index (Phi) is 3.67. The molecule has 2 heterocycles. The Labute approximate surface area is 140 Å². The predicted molar refractivity (Wildman–Crippen MR) is 89.5 cm³/mol. The second-order valence-corrected chi connectivity index (χ2v) is 8.77. The quantitative estimate of drug-likeness (QED) is 0.773. The number of hydrogen-bond acceptors (Lipinski definition) is 5. The van der Waals surface area contributed by atoms with Crippen LogP contribution in [0.15, 0.2) is 36.8 Å². The molecule has 128 valence electrons. The molecule has 1 unspecified atom stereocenters. The van der Waals surface area contributed by atoms with E-state index in [1.165, 1.54) is 23.9 Å². The highest BCUT2D eigenvalue weighted by Crippen LogP contribution is 2.47. The van der Waals surface area contributed by atoms with Crippen LogP contribution in [0.25, 0.3) is 0 Å². The van der Waals surface area contributed by atoms with E-state index in [1.807, 2.05) is 12.1 Å². The lowest BCUT2D eigenvalue weighted by molar-refractivity contribution is 0.0586. The highest BCUT2D eigenvalue weighted by molar-refractivity contribution is 7.94. The Morgan fingerprint density at radius 3 is 2.62 bits per heavy atom. The van der Waals surface area contributed by atoms with Crippen molar-refractivity contribution in [2.75, 3.05) is 18.5 Å². The number of rotatable bonds is 2. The first kappa shape index (κ1) is 16.5. The Bertz CT molecular complexity index is 902. The molecule has 0 saturated heterocycles. The van der Waals surface area contributed by atoms with Crippen molar-refractivity contribution in [3.05, 3.63) is 48.0 Å². The van der Waals surface area contributed by atoms with Crippen LogP contribution in [0.4, 0.5) is 5.69 Å². The maximum absolute atomic E-state index is 13.0. The smallest absolute Gasteiger partial charge is 0.356 e. The third-order valence-corrected chi connectivity index (χ3v) is 7.06. The number of anilines is 1. The molecule has 0 aliphatic carbocycles. The first-order chi connectivity index (χ1) is 11.2. The van der Waals surface area contributed by atoms with Gasteiger partial charge in [-0.1, -0.05) is 18.2 Å². The van der Waals surface area contributed by atoms with Crippen molar-refractivity contribution in [1.82, 2.24) is 9.55 Å². The van der Waals surface area contributed by atoms with Gasteiger partial charge in [0.1, 0.15) is 10.4 Å². The molecule has 1 aliphatic rings. The minimum absolute atomic E-state index is 0.213. The Balaban J connectivity index is 2.32. The van der Waals surface area contributed by atoms with E-state index in [-0.39, 0.29) is 5.69 Å². The molecule has 24 heavy (non-hydrogen) atoms. The highest BCUT2D eigenvalue weighted by Gasteiger charge is 2.51. The summed E-state index contributed by atoms with van der Waals surface area (Å²) in [4.78, 5) is 16.1. The van der Waals surface area contributed by atoms with Crippen LogP contribution in [0.3, 0.4) is 0 Å². The van der Waals surface area contributed by atoms with Crippen molar-refractivity contribution in [1.29, 1.82) is 0 Å². The van der Waals surface area contributed by atoms with Gasteiger partial charge in [0.2, 0.25) is 10.0 Å². The van der Waals surface area contributed by atoms with Crippen molar-refractivity contribution in [3.63, 3.8) is 0 Å². The second kappa shape index (κ2) is 5.34. The van der Waals surface area contributed by atoms with E-state index in [0.717, 1.165) is 5.56 Å². The lowest BCUT2D eigenvalue weighted by Crippen LogP contribution is -2.53. The van der Waals surface area contributed by atoms with E-state index in [9.17, 15) is 13.2 Å². The molecule has 0 saturated carbocycles. The molecule has 1 aromatic carbocycles. The van der Waals surface area contributed by atoms with Crippen molar-refractivity contribution in [3.8, 4) is 0 Å². The summed E-state index contributed by atoms with van der Waals surface area (Å²) in [6, 6.07) is 6.65. The summed E-state index contributed by atoms with van der Waals surface area (Å²) in [5, 5.41) is 0. The van der Waals surface area contributed by atoms with E-state index in [1.54, 1.807) is 37.6 Å². The van der Waals surface area contributed by atoms with Gasteiger partial charge in [-0.3, -0.25) is 4.31 Å². The molecule has 7 nitrogen and oxygen atoms in total. The lowest BCUT2D eigenvalue weighted by atomic mass is 9.92. The van der Waals surface area contributed by atoms with Crippen LogP contribution >= 0.6 is 0 Å². The fourth-order valence-electron chi connectivity index (χ4n) is 3.26. The number of carbonyl (C=O) groups is 1. The van der Waals surface area contributed by atoms with E-state index in [0.29, 0.717) is 5.69 Å². The van der Waals surface area contributed by atoms with Gasteiger partial charge in [0.15, 0.2) is 0 Å². The van der Waals surface area contributed by atoms with Crippen LogP contribution in [0, 0.1) is 0 Å². The normalized spacial score (nSPS) is 21.2. The number of benzene rings is 1. The van der Waals surface area contributed by atoms with Crippen LogP contribution in [-0.4, -0.2) is 42.8 Å². The lowest BCUT2D eigenvalue weighted by Gasteiger charge is -2.44. The summed E-state index contributed by atoms with van der Waals surface area (Å²) < 4.78 is 32.6. The molecule has 0 radical (unpaired) electrons. The summed E-state index contributed by atoms with van der Waals surface area (Å²) >= 11 is 0. The van der Waals surface area contributed by atoms with Crippen molar-refractivity contribution < 1.29 is 17.9 Å². The average Bonchev–Trinajstić information content (AvgIpc) is 3.02. The number of ether oxygens (including phenoxy) is 1. The number of sulfonamides is 1. The highest BCUT2D eigenvalue weighted by atomic mass is 32.2. The van der Waals surface area contributed by atoms with Crippen LogP contribution in [0.1, 0.15) is 35.9 Å². The Morgan fingerprint density at radius 1 is 1.29 bits per heavy atom. The summed E-state index contributed by atoms with van der Waals surface area (Å²) in [5.41, 5.74) is 1.61. The molecule has 1 aromatic heterocycles. The predicted octanol–water partition coefficient (Wildman–Crippen LogP) is 1.82. The van der Waals surface area contributed by atoms with Gasteiger partial charge in [-0.2, -0.15) is 0 Å². The molecule has 0 fully saturated rings. The third kappa shape index (κ3) is 2.06. The van der Waals surface area contributed by atoms with Gasteiger partial charge in [-0.05, 0) is 19.9 Å². The SMILES string of the molecule is COC(=O)c1cncn1C1c2ccccc2N(C)S(=O)(=O)C1(C)C. The van der Waals surface area contributed by atoms with Crippen LogP contribution in [-0.2, 0) is 14.8 Å². The molecule has 0 N–H and O–H groups in total. The Hall–Kier alpha value is -2.35. The minimum atomic E-state index is -3.64. The molecule has 0 spiro atoms. The zero-order valence-corrected chi connectivity index (χ0v) is 14.7. The number of carbonyl (C=O) groups excluding carboxylic acids is 1. The van der Waals surface area contributed by atoms with Gasteiger partial charge in [-0.15, -0.1) is 0 Å². The largest absolute Gasteiger partial charge is 0.464 e. The number of aromatic nitrogens is 2. The maximum atomic E-state index is 13.0. The number of methoxy groups -OCH3 is 1. The molecule has 1 aliphatic heterocycles. The molecule has 3 rings (SSSR count). The Morgan fingerprint density at radius 2 is 1.96 bits per heavy atom. The van der Waals surface area contributed by atoms with Gasteiger partial charge in [-0.25, -0.2) is 18.2 Å². The summed E-state index contributed by atoms with van der Waals surface area (Å²) in [6.45, 7) is 3.31. The van der Waals surface area contributed by atoms with Gasteiger partial charge in [0, 0.05) is 12.6 Å². The van der Waals surface area contributed by atoms with Crippen molar-refractivity contribution in [2.24, 2.45) is 0 Å². The molecular formula is C16H19N3O4S. The number of esters is 1. The van der Waals surface area contributed by atoms with Crippen molar-refractivity contribution >= 4 is 21.7 Å². The van der Waals surface area contributed by atoms with Crippen molar-refractivity contribution in [2.45, 2.75) is 24.6 Å². The zero-order chi connectivity index (χ0) is 17.7. The first-order valence-electron chi connectivity index (χ1n) is 7.41. The van der Waals surface area contributed by atoms with E-state index in [2.05, 4.69) is 4.98 Å². The van der Waals surface area contributed by atoms with Gasteiger partial charge in [0.25, 0.3) is 0 Å². The molecule has 2 aromatic rings. The fourth-order valence-corrected chi connectivity index (χ4v) is 4.92. The topological polar surface area (TPSA) is 81.5 Å². The third-order valence-electron chi connectivity index (χ3n) is 4.59. The maximum Gasteiger partial charge on any atom is 0.356 e. The number of imidazole rings is 1. The molecule has 0 amide bonds. The second-order valence-electron chi connectivity index (χ2n) is 6.22. The van der Waals surface area contributed by atoms with Crippen LogP contribution in [0.2, 0.25) is 0 Å². The van der Waals surface area contributed by atoms with Gasteiger partial charge < -0.3 is 9.30 Å². The summed E-state index contributed by atoms with van der Waals surface area (Å²) in [5.74, 6) is -0.558. The number of fused-ring (bicyclic) bond motifs is 1. The zero-order valence-electron chi connectivity index (χ0n) is 13.9. The summed E-state index contributed by atoms with van der Waals surface area (Å²) in [6.07, 6.45) is 2.85. The number of hydrogen-bond donors (Lipinski definition) is 0. The monoisotopic (exact) mass is 349 g/mol. The standard InChI is InChI=1S/C16H19N3O4S/c1-16(2)14(19-10-17-9-13(19)15(20)23-4)11-7-5-6-8-12(11)18(3)24(16,21)22/h5-10,14H,1-4H3. The minimum Gasteiger partial charge on any atom is -0.464 e. The molecule has 0 bridgehead atoms. The van der Waals surface area contributed by atoms with Gasteiger partial charge >= 0.3 is 5.97 Å². The molecule has 8 heteroatoms. The van der Waals surface area contributed by atoms with E-state index in [4.69, 9.17) is 4.74 Å². The summed E-state index contributed by atoms with van der Waals surface area (Å²) in [7, 11) is -0.820. The van der Waals surface area contributed by atoms with E-state index < -0.39 is 26.8 Å². The van der Waals surface area contributed by atoms with E-state index >= 15 is 0 Å². The van der Waals surface area contributed by atoms with Gasteiger partial charge in [0.05, 0.1) is 31.4 Å².